The molecule has 1 heterocycles. The van der Waals surface area contributed by atoms with Crippen LogP contribution in [0.1, 0.15) is 51.5 Å². The second kappa shape index (κ2) is 9.25. The van der Waals surface area contributed by atoms with Gasteiger partial charge in [0, 0.05) is 32.1 Å². The van der Waals surface area contributed by atoms with Crippen molar-refractivity contribution in [2.24, 2.45) is 0 Å². The van der Waals surface area contributed by atoms with Crippen molar-refractivity contribution in [2.45, 2.75) is 58.0 Å². The van der Waals surface area contributed by atoms with Gasteiger partial charge >= 0.3 is 0 Å². The zero-order chi connectivity index (χ0) is 18.6. The third kappa shape index (κ3) is 5.60. The normalized spacial score (nSPS) is 17.7. The topological polar surface area (TPSA) is 23.6 Å². The predicted molar refractivity (Wildman–Crippen MR) is 106 cm³/mol. The molecule has 1 unspecified atom stereocenters. The first-order valence-corrected chi connectivity index (χ1v) is 9.84. The second-order valence-electron chi connectivity index (χ2n) is 7.25. The van der Waals surface area contributed by atoms with Crippen LogP contribution in [-0.4, -0.2) is 47.4 Å². The third-order valence-electron chi connectivity index (χ3n) is 5.08. The molecule has 0 saturated carbocycles. The van der Waals surface area contributed by atoms with Crippen molar-refractivity contribution in [3.63, 3.8) is 0 Å². The minimum atomic E-state index is 0.186. The fourth-order valence-electron chi connectivity index (χ4n) is 3.73. The molecule has 1 aliphatic rings. The number of amides is 1. The molecule has 0 bridgehead atoms. The number of likely N-dealkylation sites (tertiary alicyclic amines) is 1. The first-order chi connectivity index (χ1) is 11.8. The monoisotopic (exact) mass is 383 g/mol. The Hall–Kier alpha value is -0.770. The smallest absolute Gasteiger partial charge is 0.219 e. The van der Waals surface area contributed by atoms with E-state index in [1.54, 1.807) is 6.92 Å². The summed E-state index contributed by atoms with van der Waals surface area (Å²) in [6.45, 7) is 13.2. The van der Waals surface area contributed by atoms with Crippen LogP contribution in [0.15, 0.2) is 18.2 Å². The lowest BCUT2D eigenvalue weighted by atomic mass is 9.96. The molecule has 0 N–H and O–H groups in total. The molecule has 25 heavy (non-hydrogen) atoms. The average Bonchev–Trinajstić information content (AvgIpc) is 2.55. The summed E-state index contributed by atoms with van der Waals surface area (Å²) in [5.41, 5.74) is 1.13. The lowest BCUT2D eigenvalue weighted by molar-refractivity contribution is -0.134. The van der Waals surface area contributed by atoms with Crippen LogP contribution in [-0.2, 0) is 4.79 Å². The number of carbonyl (C=O) groups excluding carboxylic acids is 1. The quantitative estimate of drug-likeness (QED) is 0.687. The molecule has 1 aromatic carbocycles. The molecular formula is C20H29Cl2N2O. The molecule has 2 rings (SSSR count). The van der Waals surface area contributed by atoms with Gasteiger partial charge in [0.2, 0.25) is 5.91 Å². The Balaban J connectivity index is 1.82. The van der Waals surface area contributed by atoms with Crippen molar-refractivity contribution < 1.29 is 4.79 Å². The van der Waals surface area contributed by atoms with E-state index in [4.69, 9.17) is 23.2 Å². The molecule has 1 saturated heterocycles. The Morgan fingerprint density at radius 1 is 1.28 bits per heavy atom. The van der Waals surface area contributed by atoms with Crippen molar-refractivity contribution in [3.8, 4) is 0 Å². The summed E-state index contributed by atoms with van der Waals surface area (Å²) in [5.74, 6) is 0.391. The summed E-state index contributed by atoms with van der Waals surface area (Å²) < 4.78 is 0. The fraction of sp³-hybridized carbons (Fsp3) is 0.600. The number of piperidine rings is 1. The van der Waals surface area contributed by atoms with E-state index >= 15 is 0 Å². The van der Waals surface area contributed by atoms with Crippen LogP contribution in [0, 0.1) is 6.92 Å². The molecule has 0 aromatic heterocycles. The van der Waals surface area contributed by atoms with E-state index in [9.17, 15) is 4.79 Å². The van der Waals surface area contributed by atoms with Crippen molar-refractivity contribution in [3.05, 3.63) is 40.7 Å². The largest absolute Gasteiger partial charge is 0.337 e. The van der Waals surface area contributed by atoms with E-state index in [-0.39, 0.29) is 17.9 Å². The van der Waals surface area contributed by atoms with E-state index in [0.717, 1.165) is 44.5 Å². The highest BCUT2D eigenvalue weighted by molar-refractivity contribution is 6.42. The highest BCUT2D eigenvalue weighted by Gasteiger charge is 2.27. The summed E-state index contributed by atoms with van der Waals surface area (Å²) in [4.78, 5) is 16.4. The number of halogens is 2. The van der Waals surface area contributed by atoms with E-state index < -0.39 is 0 Å². The Labute approximate surface area is 162 Å². The Bertz CT molecular complexity index is 583. The maximum absolute atomic E-state index is 11.9. The second-order valence-corrected chi connectivity index (χ2v) is 8.07. The van der Waals surface area contributed by atoms with E-state index in [1.807, 2.05) is 23.1 Å². The van der Waals surface area contributed by atoms with Gasteiger partial charge in [0.15, 0.2) is 0 Å². The van der Waals surface area contributed by atoms with Crippen LogP contribution < -0.4 is 0 Å². The molecule has 3 nitrogen and oxygen atoms in total. The molecule has 0 spiro atoms. The summed E-state index contributed by atoms with van der Waals surface area (Å²) in [5, 5.41) is 1.17. The number of hydrogen-bond acceptors (Lipinski definition) is 2. The van der Waals surface area contributed by atoms with Gasteiger partial charge in [0.05, 0.1) is 10.0 Å². The number of rotatable bonds is 6. The van der Waals surface area contributed by atoms with Gasteiger partial charge in [-0.25, -0.2) is 0 Å². The molecule has 139 valence electrons. The van der Waals surface area contributed by atoms with Gasteiger partial charge in [-0.1, -0.05) is 29.3 Å². The molecule has 1 amide bonds. The lowest BCUT2D eigenvalue weighted by Crippen LogP contribution is -2.49. The zero-order valence-electron chi connectivity index (χ0n) is 15.5. The van der Waals surface area contributed by atoms with E-state index in [2.05, 4.69) is 25.7 Å². The molecule has 1 radical (unpaired) electrons. The summed E-state index contributed by atoms with van der Waals surface area (Å²) in [6.07, 6.45) is 3.09. The van der Waals surface area contributed by atoms with Crippen LogP contribution in [0.2, 0.25) is 10.0 Å². The Morgan fingerprint density at radius 2 is 1.92 bits per heavy atom. The van der Waals surface area contributed by atoms with Crippen LogP contribution >= 0.6 is 23.2 Å². The molecule has 0 aliphatic carbocycles. The maximum Gasteiger partial charge on any atom is 0.219 e. The van der Waals surface area contributed by atoms with Crippen LogP contribution in [0.25, 0.3) is 0 Å². The molecule has 1 atom stereocenters. The predicted octanol–water partition coefficient (Wildman–Crippen LogP) is 5.02. The lowest BCUT2D eigenvalue weighted by Gasteiger charge is -2.40. The van der Waals surface area contributed by atoms with Crippen molar-refractivity contribution >= 4 is 29.1 Å². The third-order valence-corrected chi connectivity index (χ3v) is 5.82. The first kappa shape index (κ1) is 20.5. The number of hydrogen-bond donors (Lipinski definition) is 0. The van der Waals surface area contributed by atoms with Crippen LogP contribution in [0.4, 0.5) is 0 Å². The molecular weight excluding hydrogens is 355 g/mol. The summed E-state index contributed by atoms with van der Waals surface area (Å²) >= 11 is 12.1. The highest BCUT2D eigenvalue weighted by atomic mass is 35.5. The molecule has 1 fully saturated rings. The van der Waals surface area contributed by atoms with Crippen molar-refractivity contribution in [1.29, 1.82) is 0 Å². The van der Waals surface area contributed by atoms with Gasteiger partial charge in [0.1, 0.15) is 0 Å². The van der Waals surface area contributed by atoms with Gasteiger partial charge in [-0.2, -0.15) is 0 Å². The van der Waals surface area contributed by atoms with Gasteiger partial charge in [-0.05, 0) is 70.2 Å². The standard InChI is InChI=1S/C20H29Cl2N2O/c1-14(2)24(16(4)25)18-8-11-23(12-9-18)10-7-15(3)17-5-6-19(21)20(22)13-17/h5-6,13-15,18H,3,7-12H2,1-2,4H3. The number of carbonyl (C=O) groups is 1. The molecule has 5 heteroatoms. The molecule has 1 aliphatic heterocycles. The van der Waals surface area contributed by atoms with Crippen LogP contribution in [0.3, 0.4) is 0 Å². The minimum absolute atomic E-state index is 0.186. The minimum Gasteiger partial charge on any atom is -0.337 e. The number of nitrogens with zero attached hydrogens (tertiary/aromatic N) is 2. The van der Waals surface area contributed by atoms with Gasteiger partial charge in [-0.15, -0.1) is 0 Å². The summed E-state index contributed by atoms with van der Waals surface area (Å²) in [6, 6.07) is 6.41. The van der Waals surface area contributed by atoms with E-state index in [0.29, 0.717) is 16.1 Å². The fourth-order valence-corrected chi connectivity index (χ4v) is 4.04. The summed E-state index contributed by atoms with van der Waals surface area (Å²) in [7, 11) is 0. The molecule has 1 aromatic rings. The van der Waals surface area contributed by atoms with Gasteiger partial charge < -0.3 is 9.80 Å². The highest BCUT2D eigenvalue weighted by Crippen LogP contribution is 2.28. The van der Waals surface area contributed by atoms with Gasteiger partial charge in [-0.3, -0.25) is 4.79 Å². The SMILES string of the molecule is [CH2]C(CCN1CCC(N(C(C)=O)C(C)C)CC1)c1ccc(Cl)c(Cl)c1. The van der Waals surface area contributed by atoms with Crippen molar-refractivity contribution in [1.82, 2.24) is 9.80 Å². The zero-order valence-corrected chi connectivity index (χ0v) is 17.0. The maximum atomic E-state index is 11.9. The van der Waals surface area contributed by atoms with Gasteiger partial charge in [0.25, 0.3) is 0 Å². The van der Waals surface area contributed by atoms with Crippen LogP contribution in [0.5, 0.6) is 0 Å². The Kier molecular flexibility index (Phi) is 7.60. The van der Waals surface area contributed by atoms with E-state index in [1.165, 1.54) is 0 Å². The van der Waals surface area contributed by atoms with Crippen molar-refractivity contribution in [2.75, 3.05) is 19.6 Å². The first-order valence-electron chi connectivity index (χ1n) is 9.09. The number of benzene rings is 1. The average molecular weight is 384 g/mol. The Morgan fingerprint density at radius 3 is 2.44 bits per heavy atom.